The lowest BCUT2D eigenvalue weighted by Gasteiger charge is -2.15. The molecule has 0 radical (unpaired) electrons. The van der Waals surface area contributed by atoms with Crippen LogP contribution < -0.4 is 0 Å². The molecular weight excluding hydrogens is 185 g/mol. The first-order valence-corrected chi connectivity index (χ1v) is 3.57. The Bertz CT molecular complexity index is 233. The zero-order valence-corrected chi connectivity index (χ0v) is 7.57. The fourth-order valence-electron chi connectivity index (χ4n) is 0.698. The third kappa shape index (κ3) is 4.55. The summed E-state index contributed by atoms with van der Waals surface area (Å²) < 4.78 is 36.2. The highest BCUT2D eigenvalue weighted by Crippen LogP contribution is 2.29. The van der Waals surface area contributed by atoms with Gasteiger partial charge in [0.25, 0.3) is 0 Å². The average molecular weight is 196 g/mol. The van der Waals surface area contributed by atoms with Gasteiger partial charge in [-0.05, 0) is 5.41 Å². The Balaban J connectivity index is 5.06. The van der Waals surface area contributed by atoms with E-state index < -0.39 is 23.1 Å². The summed E-state index contributed by atoms with van der Waals surface area (Å²) in [5.41, 5.74) is -2.32. The number of hydrogen-bond donors (Lipinski definition) is 1. The molecule has 1 N–H and O–H groups in total. The highest BCUT2D eigenvalue weighted by molar-refractivity contribution is 5.88. The molecule has 13 heavy (non-hydrogen) atoms. The van der Waals surface area contributed by atoms with E-state index in [0.717, 1.165) is 0 Å². The minimum atomic E-state index is -4.79. The van der Waals surface area contributed by atoms with Crippen LogP contribution in [-0.2, 0) is 4.79 Å². The van der Waals surface area contributed by atoms with E-state index in [4.69, 9.17) is 5.11 Å². The summed E-state index contributed by atoms with van der Waals surface area (Å²) >= 11 is 0. The number of rotatable bonds is 1. The molecule has 0 saturated carbocycles. The first-order valence-electron chi connectivity index (χ1n) is 3.57. The quantitative estimate of drug-likeness (QED) is 0.654. The zero-order chi connectivity index (χ0) is 10.9. The van der Waals surface area contributed by atoms with E-state index in [1.165, 1.54) is 20.8 Å². The number of aliphatic carboxylic acids is 1. The van der Waals surface area contributed by atoms with E-state index in [9.17, 15) is 18.0 Å². The Morgan fingerprint density at radius 3 is 1.69 bits per heavy atom. The fourth-order valence-corrected chi connectivity index (χ4v) is 0.698. The molecule has 0 aromatic carbocycles. The standard InChI is InChI=1S/C8H11F3O2/c1-7(2,3)4-5(6(12)13)8(9,10)11/h4H,1-3H3,(H,12,13). The summed E-state index contributed by atoms with van der Waals surface area (Å²) in [6, 6.07) is 0. The number of hydrogen-bond acceptors (Lipinski definition) is 1. The summed E-state index contributed by atoms with van der Waals surface area (Å²) in [5, 5.41) is 8.28. The van der Waals surface area contributed by atoms with Crippen LogP contribution >= 0.6 is 0 Å². The van der Waals surface area contributed by atoms with Crippen molar-refractivity contribution in [3.63, 3.8) is 0 Å². The second-order valence-electron chi connectivity index (χ2n) is 3.73. The van der Waals surface area contributed by atoms with Crippen molar-refractivity contribution < 1.29 is 23.1 Å². The molecule has 0 rings (SSSR count). The third-order valence-corrected chi connectivity index (χ3v) is 1.11. The van der Waals surface area contributed by atoms with E-state index in [2.05, 4.69) is 0 Å². The molecular formula is C8H11F3O2. The molecule has 0 bridgehead atoms. The number of alkyl halides is 3. The van der Waals surface area contributed by atoms with Crippen molar-refractivity contribution in [2.75, 3.05) is 0 Å². The van der Waals surface area contributed by atoms with Crippen LogP contribution in [0.3, 0.4) is 0 Å². The lowest BCUT2D eigenvalue weighted by atomic mass is 9.93. The SMILES string of the molecule is CC(C)(C)C=C(C(=O)O)C(F)(F)F. The lowest BCUT2D eigenvalue weighted by Crippen LogP contribution is -2.22. The van der Waals surface area contributed by atoms with Gasteiger partial charge in [0, 0.05) is 0 Å². The number of carboxylic acid groups (broad SMARTS) is 1. The molecule has 0 amide bonds. The number of carboxylic acids is 1. The van der Waals surface area contributed by atoms with Gasteiger partial charge in [0.05, 0.1) is 0 Å². The molecule has 2 nitrogen and oxygen atoms in total. The van der Waals surface area contributed by atoms with E-state index >= 15 is 0 Å². The topological polar surface area (TPSA) is 37.3 Å². The van der Waals surface area contributed by atoms with Gasteiger partial charge in [-0.1, -0.05) is 26.8 Å². The van der Waals surface area contributed by atoms with Gasteiger partial charge < -0.3 is 5.11 Å². The van der Waals surface area contributed by atoms with Crippen molar-refractivity contribution >= 4 is 5.97 Å². The van der Waals surface area contributed by atoms with E-state index in [1.807, 2.05) is 0 Å². The Morgan fingerprint density at radius 1 is 1.23 bits per heavy atom. The highest BCUT2D eigenvalue weighted by Gasteiger charge is 2.39. The van der Waals surface area contributed by atoms with Gasteiger partial charge in [0.2, 0.25) is 0 Å². The zero-order valence-electron chi connectivity index (χ0n) is 7.57. The summed E-state index contributed by atoms with van der Waals surface area (Å²) in [4.78, 5) is 10.2. The number of carbonyl (C=O) groups is 1. The average Bonchev–Trinajstić information content (AvgIpc) is 1.77. The highest BCUT2D eigenvalue weighted by atomic mass is 19.4. The van der Waals surface area contributed by atoms with Crippen LogP contribution in [0.2, 0.25) is 0 Å². The summed E-state index contributed by atoms with van der Waals surface area (Å²) in [7, 11) is 0. The van der Waals surface area contributed by atoms with Crippen molar-refractivity contribution in [3.05, 3.63) is 11.6 Å². The van der Waals surface area contributed by atoms with Crippen LogP contribution in [0.5, 0.6) is 0 Å². The Kier molecular flexibility index (Phi) is 3.13. The predicted molar refractivity (Wildman–Crippen MR) is 41.2 cm³/mol. The normalized spacial score (nSPS) is 14.5. The van der Waals surface area contributed by atoms with E-state index in [-0.39, 0.29) is 0 Å². The smallest absolute Gasteiger partial charge is 0.423 e. The van der Waals surface area contributed by atoms with Crippen molar-refractivity contribution in [3.8, 4) is 0 Å². The first-order chi connectivity index (χ1) is 5.54. The molecule has 76 valence electrons. The van der Waals surface area contributed by atoms with Gasteiger partial charge in [-0.2, -0.15) is 13.2 Å². The monoisotopic (exact) mass is 196 g/mol. The van der Waals surface area contributed by atoms with Gasteiger partial charge in [-0.25, -0.2) is 4.79 Å². The van der Waals surface area contributed by atoms with Gasteiger partial charge in [0.15, 0.2) is 0 Å². The molecule has 0 aromatic heterocycles. The van der Waals surface area contributed by atoms with Crippen molar-refractivity contribution in [2.45, 2.75) is 26.9 Å². The molecule has 0 saturated heterocycles. The molecule has 0 aliphatic rings. The van der Waals surface area contributed by atoms with Crippen LogP contribution in [-0.4, -0.2) is 17.3 Å². The molecule has 5 heteroatoms. The summed E-state index contributed by atoms with van der Waals surface area (Å²) in [6.07, 6.45) is -4.09. The van der Waals surface area contributed by atoms with Crippen LogP contribution in [0.1, 0.15) is 20.8 Å². The maximum Gasteiger partial charge on any atom is 0.423 e. The molecule has 0 unspecified atom stereocenters. The minimum absolute atomic E-state index is 0.704. The minimum Gasteiger partial charge on any atom is -0.478 e. The fraction of sp³-hybridized carbons (Fsp3) is 0.625. The molecule has 0 aliphatic carbocycles. The molecule has 0 aliphatic heterocycles. The molecule has 0 fully saturated rings. The number of halogens is 3. The van der Waals surface area contributed by atoms with Gasteiger partial charge in [-0.3, -0.25) is 0 Å². The molecule has 0 atom stereocenters. The van der Waals surface area contributed by atoms with Gasteiger partial charge >= 0.3 is 12.1 Å². The second kappa shape index (κ2) is 3.40. The largest absolute Gasteiger partial charge is 0.478 e. The Morgan fingerprint density at radius 2 is 1.62 bits per heavy atom. The van der Waals surface area contributed by atoms with Gasteiger partial charge in [0.1, 0.15) is 5.57 Å². The van der Waals surface area contributed by atoms with Crippen molar-refractivity contribution in [2.24, 2.45) is 5.41 Å². The van der Waals surface area contributed by atoms with Crippen LogP contribution in [0, 0.1) is 5.41 Å². The second-order valence-corrected chi connectivity index (χ2v) is 3.73. The maximum absolute atomic E-state index is 12.1. The Hall–Kier alpha value is -1.00. The predicted octanol–water partition coefficient (Wildman–Crippen LogP) is 2.61. The van der Waals surface area contributed by atoms with Crippen LogP contribution in [0.15, 0.2) is 11.6 Å². The van der Waals surface area contributed by atoms with Crippen LogP contribution in [0.4, 0.5) is 13.2 Å². The lowest BCUT2D eigenvalue weighted by molar-refractivity contribution is -0.145. The molecule has 0 heterocycles. The van der Waals surface area contributed by atoms with Crippen molar-refractivity contribution in [1.82, 2.24) is 0 Å². The maximum atomic E-state index is 12.1. The van der Waals surface area contributed by atoms with Crippen molar-refractivity contribution in [1.29, 1.82) is 0 Å². The summed E-state index contributed by atoms with van der Waals surface area (Å²) in [5.74, 6) is -1.94. The summed E-state index contributed by atoms with van der Waals surface area (Å²) in [6.45, 7) is 4.50. The first kappa shape index (κ1) is 12.0. The number of allylic oxidation sites excluding steroid dienone is 1. The van der Waals surface area contributed by atoms with E-state index in [1.54, 1.807) is 0 Å². The molecule has 0 aromatic rings. The molecule has 0 spiro atoms. The van der Waals surface area contributed by atoms with E-state index in [0.29, 0.717) is 6.08 Å². The Labute approximate surface area is 74.1 Å². The third-order valence-electron chi connectivity index (χ3n) is 1.11. The van der Waals surface area contributed by atoms with Crippen LogP contribution in [0.25, 0.3) is 0 Å². The van der Waals surface area contributed by atoms with Gasteiger partial charge in [-0.15, -0.1) is 0 Å².